The van der Waals surface area contributed by atoms with Crippen molar-refractivity contribution < 1.29 is 0 Å². The molecule has 4 aliphatic rings. The van der Waals surface area contributed by atoms with Gasteiger partial charge in [-0.3, -0.25) is 19.4 Å². The molecule has 4 atom stereocenters. The number of aromatic amines is 1. The van der Waals surface area contributed by atoms with Crippen LogP contribution < -0.4 is 11.1 Å². The van der Waals surface area contributed by atoms with Crippen LogP contribution in [0.15, 0.2) is 101 Å². The van der Waals surface area contributed by atoms with E-state index in [0.29, 0.717) is 11.8 Å². The molecule has 4 aliphatic carbocycles. The van der Waals surface area contributed by atoms with Crippen molar-refractivity contribution in [1.29, 1.82) is 0 Å². The molecule has 6 nitrogen and oxygen atoms in total. The fraction of sp³-hybridized carbons (Fsp3) is 0.400. The summed E-state index contributed by atoms with van der Waals surface area (Å²) in [5, 5.41) is 3.06. The van der Waals surface area contributed by atoms with E-state index in [-0.39, 0.29) is 32.8 Å². The number of rotatable bonds is 3. The molecule has 0 amide bonds. The Morgan fingerprint density at radius 3 is 1.52 bits per heavy atom. The molecular formula is C40H44N4O2. The first-order valence-electron chi connectivity index (χ1n) is 16.8. The van der Waals surface area contributed by atoms with Crippen LogP contribution in [0.1, 0.15) is 102 Å². The van der Waals surface area contributed by atoms with Crippen LogP contribution in [0.25, 0.3) is 17.1 Å². The van der Waals surface area contributed by atoms with Crippen molar-refractivity contribution in [3.63, 3.8) is 0 Å². The first kappa shape index (κ1) is 29.1. The number of nitrogens with one attached hydrogen (secondary N) is 1. The van der Waals surface area contributed by atoms with Crippen LogP contribution in [0.2, 0.25) is 0 Å². The summed E-state index contributed by atoms with van der Waals surface area (Å²) in [4.78, 5) is 26.1. The third-order valence-corrected chi connectivity index (χ3v) is 13.2. The minimum absolute atomic E-state index is 0.0159. The van der Waals surface area contributed by atoms with Crippen molar-refractivity contribution in [2.75, 3.05) is 0 Å². The molecule has 236 valence electrons. The van der Waals surface area contributed by atoms with Crippen LogP contribution in [0.4, 0.5) is 0 Å². The molecule has 0 saturated heterocycles. The van der Waals surface area contributed by atoms with Gasteiger partial charge in [-0.05, 0) is 84.7 Å². The van der Waals surface area contributed by atoms with Gasteiger partial charge in [0.15, 0.2) is 0 Å². The average Bonchev–Trinajstić information content (AvgIpc) is 3.79. The van der Waals surface area contributed by atoms with E-state index in [4.69, 9.17) is 0 Å². The molecule has 0 unspecified atom stereocenters. The highest BCUT2D eigenvalue weighted by Gasteiger charge is 2.64. The van der Waals surface area contributed by atoms with Gasteiger partial charge in [-0.15, -0.1) is 0 Å². The lowest BCUT2D eigenvalue weighted by atomic mass is 9.70. The van der Waals surface area contributed by atoms with Crippen LogP contribution in [0.3, 0.4) is 0 Å². The molecule has 46 heavy (non-hydrogen) atoms. The van der Waals surface area contributed by atoms with Gasteiger partial charge in [0.2, 0.25) is 0 Å². The van der Waals surface area contributed by atoms with Gasteiger partial charge in [0, 0.05) is 22.0 Å². The topological polar surface area (TPSA) is 64.7 Å². The Morgan fingerprint density at radius 1 is 0.565 bits per heavy atom. The van der Waals surface area contributed by atoms with E-state index in [1.807, 2.05) is 76.1 Å². The molecule has 2 heterocycles. The van der Waals surface area contributed by atoms with E-state index >= 15 is 0 Å². The highest BCUT2D eigenvalue weighted by Crippen LogP contribution is 2.68. The van der Waals surface area contributed by atoms with Gasteiger partial charge < -0.3 is 0 Å². The number of hydrogen-bond donors (Lipinski definition) is 1. The van der Waals surface area contributed by atoms with E-state index in [0.717, 1.165) is 47.5 Å². The zero-order chi connectivity index (χ0) is 32.2. The monoisotopic (exact) mass is 612 g/mol. The molecule has 1 N–H and O–H groups in total. The van der Waals surface area contributed by atoms with Crippen molar-refractivity contribution >= 4 is 0 Å². The number of H-pyrrole nitrogens is 1. The Kier molecular flexibility index (Phi) is 6.07. The Balaban J connectivity index is 0.000000140. The lowest BCUT2D eigenvalue weighted by Gasteiger charge is -2.36. The fourth-order valence-corrected chi connectivity index (χ4v) is 9.92. The van der Waals surface area contributed by atoms with Crippen molar-refractivity contribution in [2.24, 2.45) is 10.8 Å². The van der Waals surface area contributed by atoms with Gasteiger partial charge in [-0.1, -0.05) is 96.1 Å². The lowest BCUT2D eigenvalue weighted by Crippen LogP contribution is -2.35. The third-order valence-electron chi connectivity index (χ3n) is 13.2. The molecular weight excluding hydrogens is 568 g/mol. The Morgan fingerprint density at radius 2 is 1.00 bits per heavy atom. The number of benzene rings is 3. The van der Waals surface area contributed by atoms with E-state index < -0.39 is 0 Å². The highest BCUT2D eigenvalue weighted by molar-refractivity contribution is 5.52. The van der Waals surface area contributed by atoms with Crippen LogP contribution in [0.5, 0.6) is 0 Å². The summed E-state index contributed by atoms with van der Waals surface area (Å²) < 4.78 is 6.10. The highest BCUT2D eigenvalue weighted by atomic mass is 16.1. The zero-order valence-corrected chi connectivity index (χ0v) is 27.8. The smallest absolute Gasteiger partial charge is 0.268 e. The quantitative estimate of drug-likeness (QED) is 0.224. The third kappa shape index (κ3) is 3.53. The standard InChI is InChI=1S/C23H24N2O.C17H20N2O/c1-22(2)18-14-15-23(22,3)20-19(18)21(26)25(17-12-8-5-9-13-17)24(20)16-10-6-4-7-11-16;1-16(2)12-9-10-17(16,3)14-13(12)15(20)18-19(14)11-7-5-4-6-8-11/h4-13,18H,14-15H2,1-3H3;4-8,12H,9-10H2,1-3H3,(H,18,20)/t18-,23+;12-,17+/m11/s1. The van der Waals surface area contributed by atoms with Gasteiger partial charge in [0.25, 0.3) is 11.1 Å². The number of aromatic nitrogens is 4. The molecule has 2 saturated carbocycles. The van der Waals surface area contributed by atoms with Gasteiger partial charge in [-0.25, -0.2) is 9.36 Å². The minimum Gasteiger partial charge on any atom is -0.268 e. The van der Waals surface area contributed by atoms with Gasteiger partial charge >= 0.3 is 0 Å². The predicted octanol–water partition coefficient (Wildman–Crippen LogP) is 8.14. The molecule has 0 spiro atoms. The van der Waals surface area contributed by atoms with Gasteiger partial charge in [0.1, 0.15) is 0 Å². The van der Waals surface area contributed by atoms with Crippen LogP contribution in [-0.4, -0.2) is 19.1 Å². The molecule has 0 aliphatic heterocycles. The molecule has 4 bridgehead atoms. The normalized spacial score (nSPS) is 27.3. The van der Waals surface area contributed by atoms with Crippen LogP contribution >= 0.6 is 0 Å². The molecule has 2 aromatic heterocycles. The summed E-state index contributed by atoms with van der Waals surface area (Å²) in [6.07, 6.45) is 4.56. The summed E-state index contributed by atoms with van der Waals surface area (Å²) in [6.45, 7) is 14.0. The molecule has 2 fully saturated rings. The average molecular weight is 613 g/mol. The Hall–Kier alpha value is -4.32. The summed E-state index contributed by atoms with van der Waals surface area (Å²) >= 11 is 0. The summed E-state index contributed by atoms with van der Waals surface area (Å²) in [7, 11) is 0. The maximum absolute atomic E-state index is 13.6. The lowest BCUT2D eigenvalue weighted by molar-refractivity contribution is 0.220. The number of para-hydroxylation sites is 3. The minimum atomic E-state index is 0.0159. The van der Waals surface area contributed by atoms with Gasteiger partial charge in [0.05, 0.1) is 28.5 Å². The largest absolute Gasteiger partial charge is 0.275 e. The van der Waals surface area contributed by atoms with Crippen LogP contribution in [-0.2, 0) is 10.8 Å². The van der Waals surface area contributed by atoms with Crippen molar-refractivity contribution in [2.45, 2.75) is 89.9 Å². The first-order valence-corrected chi connectivity index (χ1v) is 16.8. The first-order chi connectivity index (χ1) is 21.9. The molecule has 9 rings (SSSR count). The molecule has 0 radical (unpaired) electrons. The predicted molar refractivity (Wildman–Crippen MR) is 184 cm³/mol. The van der Waals surface area contributed by atoms with Crippen LogP contribution in [0, 0.1) is 10.8 Å². The van der Waals surface area contributed by atoms with E-state index in [1.54, 1.807) is 0 Å². The van der Waals surface area contributed by atoms with Crippen molar-refractivity contribution in [1.82, 2.24) is 19.1 Å². The Bertz CT molecular complexity index is 2080. The molecule has 6 heteroatoms. The molecule has 5 aromatic rings. The second-order valence-corrected chi connectivity index (χ2v) is 15.5. The summed E-state index contributed by atoms with van der Waals surface area (Å²) in [5.41, 5.74) is 8.18. The maximum Gasteiger partial charge on any atom is 0.275 e. The van der Waals surface area contributed by atoms with Gasteiger partial charge in [-0.2, -0.15) is 0 Å². The number of hydrogen-bond acceptors (Lipinski definition) is 2. The van der Waals surface area contributed by atoms with E-state index in [1.165, 1.54) is 17.8 Å². The SMILES string of the molecule is CC1(C)[C@@H]2CC[C@@]1(C)c1c2c(=O)[nH]n1-c1ccccc1.CC1(C)[C@@H]2CC[C@@]1(C)c1c2c(=O)n(-c2ccccc2)n1-c1ccccc1. The molecule has 3 aromatic carbocycles. The Labute approximate surface area is 270 Å². The summed E-state index contributed by atoms with van der Waals surface area (Å²) in [6, 6.07) is 30.5. The van der Waals surface area contributed by atoms with Crippen molar-refractivity contribution in [3.8, 4) is 17.1 Å². The fourth-order valence-electron chi connectivity index (χ4n) is 9.92. The second kappa shape index (κ2) is 9.60. The van der Waals surface area contributed by atoms with E-state index in [2.05, 4.69) is 75.6 Å². The van der Waals surface area contributed by atoms with Crippen molar-refractivity contribution in [3.05, 3.63) is 134 Å². The second-order valence-electron chi connectivity index (χ2n) is 15.5. The van der Waals surface area contributed by atoms with E-state index in [9.17, 15) is 9.59 Å². The maximum atomic E-state index is 13.6. The summed E-state index contributed by atoms with van der Waals surface area (Å²) in [5.74, 6) is 0.742. The number of fused-ring (bicyclic) bond motifs is 10. The zero-order valence-electron chi connectivity index (χ0n) is 27.8. The number of nitrogens with zero attached hydrogens (tertiary/aromatic N) is 3.